The van der Waals surface area contributed by atoms with E-state index in [1.165, 1.54) is 23.1 Å². The van der Waals surface area contributed by atoms with Crippen molar-refractivity contribution in [2.75, 3.05) is 5.32 Å². The number of anilines is 2. The third-order valence-corrected chi connectivity index (χ3v) is 5.76. The van der Waals surface area contributed by atoms with E-state index in [2.05, 4.69) is 25.5 Å². The van der Waals surface area contributed by atoms with Crippen molar-refractivity contribution in [3.8, 4) is 0 Å². The smallest absolute Gasteiger partial charge is 0.258 e. The molecule has 0 saturated heterocycles. The van der Waals surface area contributed by atoms with E-state index in [0.29, 0.717) is 16.7 Å². The predicted octanol–water partition coefficient (Wildman–Crippen LogP) is 4.37. The summed E-state index contributed by atoms with van der Waals surface area (Å²) in [5.74, 6) is 0.631. The normalized spacial score (nSPS) is 12.2. The molecule has 2 N–H and O–H groups in total. The number of nitrogens with zero attached hydrogens (tertiary/aromatic N) is 3. The molecule has 2 aromatic heterocycles. The van der Waals surface area contributed by atoms with Gasteiger partial charge in [0.25, 0.3) is 5.56 Å². The van der Waals surface area contributed by atoms with Gasteiger partial charge < -0.3 is 10.3 Å². The number of aromatic nitrogens is 4. The molecule has 1 unspecified atom stereocenters. The number of hydrogen-bond acceptors (Lipinski definition) is 7. The maximum absolute atomic E-state index is 12.2. The van der Waals surface area contributed by atoms with Crippen LogP contribution in [0.3, 0.4) is 0 Å². The number of thioether (sulfide) groups is 1. The molecule has 0 aliphatic heterocycles. The largest absolute Gasteiger partial charge is 0.330 e. The maximum Gasteiger partial charge on any atom is 0.258 e. The van der Waals surface area contributed by atoms with Crippen LogP contribution in [0.1, 0.15) is 18.0 Å². The minimum atomic E-state index is -0.123. The van der Waals surface area contributed by atoms with Crippen LogP contribution in [0.2, 0.25) is 0 Å². The zero-order valence-electron chi connectivity index (χ0n) is 13.8. The molecule has 2 heterocycles. The molecule has 0 fully saturated rings. The Kier molecular flexibility index (Phi) is 4.68. The number of rotatable bonds is 5. The summed E-state index contributed by atoms with van der Waals surface area (Å²) in [7, 11) is 0. The quantitative estimate of drug-likeness (QED) is 0.499. The summed E-state index contributed by atoms with van der Waals surface area (Å²) in [6.07, 6.45) is 0. The summed E-state index contributed by atoms with van der Waals surface area (Å²) in [4.78, 5) is 19.7. The Bertz CT molecular complexity index is 1090. The van der Waals surface area contributed by atoms with Gasteiger partial charge in [0.15, 0.2) is 4.34 Å². The van der Waals surface area contributed by atoms with Crippen LogP contribution in [-0.2, 0) is 0 Å². The van der Waals surface area contributed by atoms with E-state index in [-0.39, 0.29) is 10.8 Å². The van der Waals surface area contributed by atoms with Crippen LogP contribution in [0.4, 0.5) is 10.8 Å². The lowest BCUT2D eigenvalue weighted by atomic mass is 10.2. The highest BCUT2D eigenvalue weighted by atomic mass is 32.2. The lowest BCUT2D eigenvalue weighted by molar-refractivity contribution is 0.916. The highest BCUT2D eigenvalue weighted by Gasteiger charge is 2.15. The van der Waals surface area contributed by atoms with Crippen molar-refractivity contribution < 1.29 is 0 Å². The number of H-pyrrole nitrogens is 1. The molecule has 4 rings (SSSR count). The SMILES string of the molecule is CC(Sc1nnc(Nc2ccccc2)s1)c1nc2ccccc2c(=O)[nH]1. The Morgan fingerprint density at radius 2 is 1.85 bits per heavy atom. The number of hydrogen-bond donors (Lipinski definition) is 2. The fraction of sp³-hybridized carbons (Fsp3) is 0.111. The molecule has 0 bridgehead atoms. The van der Waals surface area contributed by atoms with Gasteiger partial charge in [-0.25, -0.2) is 4.98 Å². The molecule has 0 spiro atoms. The van der Waals surface area contributed by atoms with Crippen LogP contribution in [0, 0.1) is 0 Å². The Hall–Kier alpha value is -2.71. The highest BCUT2D eigenvalue weighted by molar-refractivity contribution is 8.01. The molecule has 0 amide bonds. The molecule has 1 atom stereocenters. The van der Waals surface area contributed by atoms with Crippen molar-refractivity contribution in [1.29, 1.82) is 0 Å². The van der Waals surface area contributed by atoms with Gasteiger partial charge in [0.2, 0.25) is 5.13 Å². The van der Waals surface area contributed by atoms with Crippen molar-refractivity contribution in [2.45, 2.75) is 16.5 Å². The summed E-state index contributed by atoms with van der Waals surface area (Å²) in [6, 6.07) is 17.2. The lowest BCUT2D eigenvalue weighted by Crippen LogP contribution is -2.12. The molecule has 26 heavy (non-hydrogen) atoms. The average molecular weight is 381 g/mol. The van der Waals surface area contributed by atoms with Gasteiger partial charge in [-0.05, 0) is 31.2 Å². The van der Waals surface area contributed by atoms with Crippen molar-refractivity contribution in [2.24, 2.45) is 0 Å². The average Bonchev–Trinajstić information content (AvgIpc) is 3.09. The lowest BCUT2D eigenvalue weighted by Gasteiger charge is -2.08. The van der Waals surface area contributed by atoms with Crippen LogP contribution in [0.15, 0.2) is 63.7 Å². The van der Waals surface area contributed by atoms with Crippen LogP contribution in [0.25, 0.3) is 10.9 Å². The zero-order valence-corrected chi connectivity index (χ0v) is 15.5. The van der Waals surface area contributed by atoms with Crippen molar-refractivity contribution in [1.82, 2.24) is 20.2 Å². The van der Waals surface area contributed by atoms with Crippen LogP contribution >= 0.6 is 23.1 Å². The fourth-order valence-corrected chi connectivity index (χ4v) is 4.43. The van der Waals surface area contributed by atoms with E-state index < -0.39 is 0 Å². The summed E-state index contributed by atoms with van der Waals surface area (Å²) in [5.41, 5.74) is 1.54. The number of nitrogens with one attached hydrogen (secondary N) is 2. The number of fused-ring (bicyclic) bond motifs is 1. The van der Waals surface area contributed by atoms with Crippen LogP contribution < -0.4 is 10.9 Å². The number of aromatic amines is 1. The molecular weight excluding hydrogens is 366 g/mol. The summed E-state index contributed by atoms with van der Waals surface area (Å²) in [5, 5.41) is 12.9. The number of para-hydroxylation sites is 2. The molecule has 8 heteroatoms. The van der Waals surface area contributed by atoms with Crippen molar-refractivity contribution >= 4 is 44.8 Å². The van der Waals surface area contributed by atoms with E-state index in [0.717, 1.165) is 15.2 Å². The van der Waals surface area contributed by atoms with Gasteiger partial charge in [0.1, 0.15) is 5.82 Å². The molecule has 2 aromatic carbocycles. The first kappa shape index (κ1) is 16.7. The minimum absolute atomic E-state index is 0.0511. The molecule has 4 aromatic rings. The summed E-state index contributed by atoms with van der Waals surface area (Å²) >= 11 is 2.99. The summed E-state index contributed by atoms with van der Waals surface area (Å²) < 4.78 is 0.812. The highest BCUT2D eigenvalue weighted by Crippen LogP contribution is 2.36. The van der Waals surface area contributed by atoms with E-state index in [9.17, 15) is 4.79 Å². The van der Waals surface area contributed by atoms with Gasteiger partial charge in [-0.3, -0.25) is 4.79 Å². The zero-order chi connectivity index (χ0) is 17.9. The Labute approximate surface area is 157 Å². The van der Waals surface area contributed by atoms with Gasteiger partial charge in [0, 0.05) is 5.69 Å². The molecule has 130 valence electrons. The fourth-order valence-electron chi connectivity index (χ4n) is 2.46. The molecule has 0 aliphatic rings. The molecule has 6 nitrogen and oxygen atoms in total. The minimum Gasteiger partial charge on any atom is -0.330 e. The number of benzene rings is 2. The van der Waals surface area contributed by atoms with E-state index in [1.54, 1.807) is 6.07 Å². The first-order chi connectivity index (χ1) is 12.7. The first-order valence-electron chi connectivity index (χ1n) is 8.00. The summed E-state index contributed by atoms with van der Waals surface area (Å²) in [6.45, 7) is 1.99. The van der Waals surface area contributed by atoms with Gasteiger partial charge in [-0.15, -0.1) is 10.2 Å². The monoisotopic (exact) mass is 381 g/mol. The Morgan fingerprint density at radius 3 is 2.69 bits per heavy atom. The van der Waals surface area contributed by atoms with Gasteiger partial charge in [-0.1, -0.05) is 53.4 Å². The predicted molar refractivity (Wildman–Crippen MR) is 106 cm³/mol. The van der Waals surface area contributed by atoms with Gasteiger partial charge in [0.05, 0.1) is 16.2 Å². The second kappa shape index (κ2) is 7.27. The maximum atomic E-state index is 12.2. The van der Waals surface area contributed by atoms with Crippen molar-refractivity contribution in [3.05, 3.63) is 70.8 Å². The van der Waals surface area contributed by atoms with E-state index in [1.807, 2.05) is 55.5 Å². The second-order valence-corrected chi connectivity index (χ2v) is 8.16. The first-order valence-corrected chi connectivity index (χ1v) is 9.70. The molecule has 0 aliphatic carbocycles. The standard InChI is InChI=1S/C18H15N5OS2/c1-11(15-20-14-10-6-5-9-13(14)16(24)21-15)25-18-23-22-17(26-18)19-12-7-3-2-4-8-12/h2-11H,1H3,(H,19,22)(H,20,21,24). The van der Waals surface area contributed by atoms with E-state index in [4.69, 9.17) is 0 Å². The van der Waals surface area contributed by atoms with Crippen LogP contribution in [-0.4, -0.2) is 20.2 Å². The Balaban J connectivity index is 1.52. The topological polar surface area (TPSA) is 83.6 Å². The third-order valence-electron chi connectivity index (χ3n) is 3.73. The van der Waals surface area contributed by atoms with Crippen LogP contribution in [0.5, 0.6) is 0 Å². The molecule has 0 saturated carbocycles. The third kappa shape index (κ3) is 3.61. The second-order valence-electron chi connectivity index (χ2n) is 5.59. The molecule has 0 radical (unpaired) electrons. The van der Waals surface area contributed by atoms with Gasteiger partial charge in [-0.2, -0.15) is 0 Å². The van der Waals surface area contributed by atoms with Crippen molar-refractivity contribution in [3.63, 3.8) is 0 Å². The Morgan fingerprint density at radius 1 is 1.08 bits per heavy atom. The van der Waals surface area contributed by atoms with E-state index >= 15 is 0 Å². The molecular formula is C18H15N5OS2. The van der Waals surface area contributed by atoms with Gasteiger partial charge >= 0.3 is 0 Å².